The largest absolute Gasteiger partial charge is 0.416 e. The molecule has 14 heteroatoms. The van der Waals surface area contributed by atoms with Crippen LogP contribution in [-0.2, 0) is 25.8 Å². The molecule has 0 aliphatic carbocycles. The summed E-state index contributed by atoms with van der Waals surface area (Å²) in [4.78, 5) is 35.5. The van der Waals surface area contributed by atoms with Crippen molar-refractivity contribution in [2.75, 3.05) is 11.8 Å². The predicted molar refractivity (Wildman–Crippen MR) is 114 cm³/mol. The zero-order chi connectivity index (χ0) is 25.1. The first-order valence-corrected chi connectivity index (χ1v) is 11.1. The van der Waals surface area contributed by atoms with Crippen LogP contribution in [0.4, 0.5) is 18.9 Å². The molecule has 0 aromatic heterocycles. The van der Waals surface area contributed by atoms with Crippen molar-refractivity contribution in [3.05, 3.63) is 59.7 Å². The third-order valence-corrected chi connectivity index (χ3v) is 5.99. The molecule has 0 spiro atoms. The minimum absolute atomic E-state index is 0.0176. The Morgan fingerprint density at radius 3 is 2.35 bits per heavy atom. The molecular formula is C20H18F3N5O5S. The number of sulfonamides is 1. The van der Waals surface area contributed by atoms with Crippen LogP contribution in [0.1, 0.15) is 28.8 Å². The fraction of sp³-hybridized carbons (Fsp3) is 0.200. The lowest BCUT2D eigenvalue weighted by molar-refractivity contribution is -0.137. The van der Waals surface area contributed by atoms with Crippen LogP contribution in [0.15, 0.2) is 58.5 Å². The molecule has 180 valence electrons. The molecule has 34 heavy (non-hydrogen) atoms. The van der Waals surface area contributed by atoms with Gasteiger partial charge in [-0.05, 0) is 36.4 Å². The number of benzene rings is 2. The Morgan fingerprint density at radius 2 is 1.68 bits per heavy atom. The van der Waals surface area contributed by atoms with Gasteiger partial charge >= 0.3 is 6.18 Å². The Balaban J connectivity index is 1.70. The highest BCUT2D eigenvalue weighted by atomic mass is 32.2. The third kappa shape index (κ3) is 5.89. The quantitative estimate of drug-likeness (QED) is 0.542. The Morgan fingerprint density at radius 1 is 1.00 bits per heavy atom. The summed E-state index contributed by atoms with van der Waals surface area (Å²) in [6.45, 7) is 0. The average molecular weight is 497 g/mol. The molecule has 0 unspecified atom stereocenters. The monoisotopic (exact) mass is 497 g/mol. The molecule has 0 atom stereocenters. The zero-order valence-electron chi connectivity index (χ0n) is 17.5. The number of hydrogen-bond acceptors (Lipinski definition) is 6. The van der Waals surface area contributed by atoms with Gasteiger partial charge in [-0.25, -0.2) is 13.4 Å². The summed E-state index contributed by atoms with van der Waals surface area (Å²) in [6.07, 6.45) is -4.49. The van der Waals surface area contributed by atoms with Crippen LogP contribution in [0.5, 0.6) is 0 Å². The molecule has 10 nitrogen and oxygen atoms in total. The van der Waals surface area contributed by atoms with Gasteiger partial charge < -0.3 is 0 Å². The number of hydrogen-bond donors (Lipinski definition) is 3. The normalized spacial score (nSPS) is 14.3. The zero-order valence-corrected chi connectivity index (χ0v) is 18.3. The maximum absolute atomic E-state index is 12.9. The number of amides is 3. The molecular weight excluding hydrogens is 479 g/mol. The number of carbonyl (C=O) groups is 3. The lowest BCUT2D eigenvalue weighted by Gasteiger charge is -2.19. The lowest BCUT2D eigenvalue weighted by atomic mass is 10.1. The Hall–Kier alpha value is -3.94. The summed E-state index contributed by atoms with van der Waals surface area (Å²) in [6, 6.07) is 8.30. The maximum atomic E-state index is 12.9. The number of hydrazine groups is 1. The van der Waals surface area contributed by atoms with Crippen molar-refractivity contribution in [3.8, 4) is 0 Å². The van der Waals surface area contributed by atoms with E-state index in [1.54, 1.807) is 0 Å². The van der Waals surface area contributed by atoms with Gasteiger partial charge in [0, 0.05) is 31.1 Å². The first kappa shape index (κ1) is 24.7. The van der Waals surface area contributed by atoms with Crippen molar-refractivity contribution in [1.29, 1.82) is 0 Å². The highest BCUT2D eigenvalue weighted by molar-refractivity contribution is 7.92. The molecule has 0 saturated heterocycles. The second-order valence-electron chi connectivity index (χ2n) is 7.08. The highest BCUT2D eigenvalue weighted by Gasteiger charge is 2.31. The molecule has 1 heterocycles. The van der Waals surface area contributed by atoms with Crippen LogP contribution >= 0.6 is 0 Å². The molecule has 0 saturated carbocycles. The Labute approximate surface area is 191 Å². The van der Waals surface area contributed by atoms with E-state index in [1.165, 1.54) is 19.2 Å². The Bertz CT molecular complexity index is 1280. The number of hydrazone groups is 1. The van der Waals surface area contributed by atoms with Gasteiger partial charge in [-0.3, -0.25) is 30.0 Å². The molecule has 0 bridgehead atoms. The number of nitrogens with one attached hydrogen (secondary N) is 3. The van der Waals surface area contributed by atoms with Gasteiger partial charge in [0.05, 0.1) is 10.5 Å². The summed E-state index contributed by atoms with van der Waals surface area (Å²) >= 11 is 0. The molecule has 2 aromatic carbocycles. The van der Waals surface area contributed by atoms with Crippen LogP contribution < -0.4 is 15.6 Å². The molecule has 3 N–H and O–H groups in total. The van der Waals surface area contributed by atoms with Crippen LogP contribution in [0, 0.1) is 0 Å². The first-order valence-electron chi connectivity index (χ1n) is 9.62. The standard InChI is InChI=1S/C20H18F3N5O5S/c1-28-17(29)9-8-16(26-28)19(31)25-24-18(30)12-4-2-7-15(10-12)34(32,33)27-14-6-3-5-13(11-14)20(21,22)23/h2-7,10-11,27H,8-9H2,1H3,(H,24,30)(H,25,31). The summed E-state index contributed by atoms with van der Waals surface area (Å²) in [5, 5.41) is 4.81. The fourth-order valence-corrected chi connectivity index (χ4v) is 3.96. The second kappa shape index (κ2) is 9.51. The van der Waals surface area contributed by atoms with Gasteiger partial charge in [0.2, 0.25) is 5.91 Å². The van der Waals surface area contributed by atoms with E-state index < -0.39 is 33.6 Å². The lowest BCUT2D eigenvalue weighted by Crippen LogP contribution is -2.46. The van der Waals surface area contributed by atoms with Crippen LogP contribution in [0.25, 0.3) is 0 Å². The van der Waals surface area contributed by atoms with E-state index in [2.05, 4.69) is 16.0 Å². The molecule has 2 aromatic rings. The SMILES string of the molecule is CN1N=C(C(=O)NNC(=O)c2cccc(S(=O)(=O)Nc3cccc(C(F)(F)F)c3)c2)CCC1=O. The molecule has 3 rings (SSSR count). The minimum atomic E-state index is -4.65. The van der Waals surface area contributed by atoms with E-state index in [-0.39, 0.29) is 40.6 Å². The van der Waals surface area contributed by atoms with Crippen molar-refractivity contribution >= 4 is 39.1 Å². The first-order chi connectivity index (χ1) is 15.9. The van der Waals surface area contributed by atoms with Crippen molar-refractivity contribution in [2.45, 2.75) is 23.9 Å². The minimum Gasteiger partial charge on any atom is -0.280 e. The predicted octanol–water partition coefficient (Wildman–Crippen LogP) is 1.88. The summed E-state index contributed by atoms with van der Waals surface area (Å²) in [5.74, 6) is -1.87. The highest BCUT2D eigenvalue weighted by Crippen LogP contribution is 2.31. The van der Waals surface area contributed by atoms with Crippen molar-refractivity contribution in [1.82, 2.24) is 15.9 Å². The molecule has 0 fully saturated rings. The molecule has 1 aliphatic heterocycles. The number of halogens is 3. The number of anilines is 1. The van der Waals surface area contributed by atoms with Crippen molar-refractivity contribution in [2.24, 2.45) is 5.10 Å². The van der Waals surface area contributed by atoms with Gasteiger partial charge in [-0.1, -0.05) is 12.1 Å². The number of carbonyl (C=O) groups excluding carboxylic acids is 3. The molecule has 1 aliphatic rings. The van der Waals surface area contributed by atoms with Gasteiger partial charge in [0.1, 0.15) is 5.71 Å². The fourth-order valence-electron chi connectivity index (χ4n) is 2.87. The number of nitrogens with zero attached hydrogens (tertiary/aromatic N) is 2. The second-order valence-corrected chi connectivity index (χ2v) is 8.77. The molecule has 3 amide bonds. The maximum Gasteiger partial charge on any atom is 0.416 e. The van der Waals surface area contributed by atoms with E-state index in [0.29, 0.717) is 6.07 Å². The third-order valence-electron chi connectivity index (χ3n) is 4.61. The number of alkyl halides is 3. The molecule has 0 radical (unpaired) electrons. The van der Waals surface area contributed by atoms with E-state index in [0.717, 1.165) is 35.3 Å². The topological polar surface area (TPSA) is 137 Å². The van der Waals surface area contributed by atoms with E-state index in [9.17, 15) is 36.0 Å². The van der Waals surface area contributed by atoms with Crippen LogP contribution in [-0.4, -0.2) is 43.9 Å². The smallest absolute Gasteiger partial charge is 0.280 e. The number of rotatable bonds is 5. The van der Waals surface area contributed by atoms with Crippen molar-refractivity contribution < 1.29 is 36.0 Å². The van der Waals surface area contributed by atoms with Gasteiger partial charge in [0.15, 0.2) is 0 Å². The van der Waals surface area contributed by atoms with E-state index in [4.69, 9.17) is 0 Å². The summed E-state index contributed by atoms with van der Waals surface area (Å²) in [7, 11) is -2.95. The summed E-state index contributed by atoms with van der Waals surface area (Å²) in [5.41, 5.74) is 2.76. The van der Waals surface area contributed by atoms with Gasteiger partial charge in [-0.2, -0.15) is 18.3 Å². The van der Waals surface area contributed by atoms with Crippen molar-refractivity contribution in [3.63, 3.8) is 0 Å². The van der Waals surface area contributed by atoms with E-state index in [1.807, 2.05) is 4.72 Å². The van der Waals surface area contributed by atoms with Gasteiger partial charge in [-0.15, -0.1) is 0 Å². The van der Waals surface area contributed by atoms with E-state index >= 15 is 0 Å². The van der Waals surface area contributed by atoms with Crippen LogP contribution in [0.2, 0.25) is 0 Å². The van der Waals surface area contributed by atoms with Gasteiger partial charge in [0.25, 0.3) is 21.8 Å². The average Bonchev–Trinajstić information content (AvgIpc) is 2.78. The van der Waals surface area contributed by atoms with Crippen LogP contribution in [0.3, 0.4) is 0 Å². The summed E-state index contributed by atoms with van der Waals surface area (Å²) < 4.78 is 65.9. The Kier molecular flexibility index (Phi) is 6.91.